The van der Waals surface area contributed by atoms with Gasteiger partial charge in [-0.1, -0.05) is 17.7 Å². The molecule has 44 heavy (non-hydrogen) atoms. The van der Waals surface area contributed by atoms with Crippen LogP contribution in [0.15, 0.2) is 42.5 Å². The maximum absolute atomic E-state index is 11.9. The molecule has 3 atom stereocenters. The third kappa shape index (κ3) is 5.00. The normalized spacial score (nSPS) is 22.3. The van der Waals surface area contributed by atoms with E-state index in [1.54, 1.807) is 18.2 Å². The van der Waals surface area contributed by atoms with Crippen LogP contribution in [-0.2, 0) is 24.2 Å². The molecule has 1 unspecified atom stereocenters. The molecule has 4 heterocycles. The summed E-state index contributed by atoms with van der Waals surface area (Å²) in [5.41, 5.74) is 4.07. The van der Waals surface area contributed by atoms with E-state index in [9.17, 15) is 9.90 Å². The average Bonchev–Trinajstić information content (AvgIpc) is 3.35. The Hall–Kier alpha value is -3.99. The highest BCUT2D eigenvalue weighted by Gasteiger charge is 2.35. The number of fused-ring (bicyclic) bond motifs is 4. The zero-order chi connectivity index (χ0) is 33.0. The number of ether oxygens (including phenoxy) is 5. The average molecular weight is 623 g/mol. The summed E-state index contributed by atoms with van der Waals surface area (Å²) in [6.45, 7) is 4.76. The van der Waals surface area contributed by atoms with E-state index in [4.69, 9.17) is 44.4 Å². The van der Waals surface area contributed by atoms with Crippen LogP contribution in [0.25, 0.3) is 11.0 Å². The Labute approximate surface area is 264 Å². The van der Waals surface area contributed by atoms with Crippen molar-refractivity contribution in [2.24, 2.45) is 0 Å². The topological polar surface area (TPSA) is 105 Å². The molecule has 1 aromatic heterocycles. The molecule has 10 nitrogen and oxygen atoms in total. The number of carbonyl (C=O) groups is 1. The fourth-order valence-corrected chi connectivity index (χ4v) is 6.56. The first kappa shape index (κ1) is 25.3. The van der Waals surface area contributed by atoms with E-state index in [0.29, 0.717) is 58.6 Å². The standard InChI is InChI=1S/C33H34ClN3O7/c1-18-30-19(4-7-25-32(30)44-28(17-43-25)23-6-5-21(34)14-26(23)40-2)8-10-36(18)16-29-35-31-24(37(29)15-22-9-11-42-22)12-20(33(38)39)13-27(31)41-3/h4-7,12-14,18,22,28H,8-11,15-17H2,1-3H3,(H,38,39)/t18?,22-,28+/m0/s1/i2D3. The predicted octanol–water partition coefficient (Wildman–Crippen LogP) is 5.83. The Bertz CT molecular complexity index is 1860. The van der Waals surface area contributed by atoms with Crippen molar-refractivity contribution in [1.29, 1.82) is 0 Å². The second-order valence-corrected chi connectivity index (χ2v) is 11.8. The van der Waals surface area contributed by atoms with Crippen molar-refractivity contribution < 1.29 is 37.7 Å². The largest absolute Gasteiger partial charge is 0.496 e. The Morgan fingerprint density at radius 3 is 2.82 bits per heavy atom. The molecule has 0 radical (unpaired) electrons. The number of imidazole rings is 1. The van der Waals surface area contributed by atoms with Gasteiger partial charge in [0.05, 0.1) is 48.5 Å². The fourth-order valence-electron chi connectivity index (χ4n) is 6.40. The molecule has 3 aromatic carbocycles. The summed E-state index contributed by atoms with van der Waals surface area (Å²) in [5, 5.41) is 10.1. The second-order valence-electron chi connectivity index (χ2n) is 11.3. The number of aromatic carboxylic acids is 1. The zero-order valence-corrected chi connectivity index (χ0v) is 25.1. The van der Waals surface area contributed by atoms with Gasteiger partial charge < -0.3 is 33.4 Å². The molecule has 11 heteroatoms. The van der Waals surface area contributed by atoms with E-state index in [2.05, 4.69) is 22.5 Å². The number of rotatable bonds is 8. The van der Waals surface area contributed by atoms with Crippen LogP contribution in [0, 0.1) is 0 Å². The number of methoxy groups -OCH3 is 2. The first-order valence-electron chi connectivity index (χ1n) is 16.1. The lowest BCUT2D eigenvalue weighted by molar-refractivity contribution is -0.0592. The molecule has 0 saturated carbocycles. The molecule has 1 saturated heterocycles. The summed E-state index contributed by atoms with van der Waals surface area (Å²) < 4.78 is 54.4. The highest BCUT2D eigenvalue weighted by molar-refractivity contribution is 6.30. The fraction of sp³-hybridized carbons (Fsp3) is 0.394. The number of benzene rings is 3. The maximum atomic E-state index is 11.9. The molecular formula is C33H34ClN3O7. The minimum atomic E-state index is -2.67. The molecule has 0 amide bonds. The van der Waals surface area contributed by atoms with Crippen molar-refractivity contribution in [2.75, 3.05) is 33.9 Å². The van der Waals surface area contributed by atoms with Crippen molar-refractivity contribution in [3.8, 4) is 23.0 Å². The lowest BCUT2D eigenvalue weighted by Gasteiger charge is -2.38. The Kier molecular flexibility index (Phi) is 6.62. The minimum Gasteiger partial charge on any atom is -0.496 e. The van der Waals surface area contributed by atoms with Gasteiger partial charge in [-0.05, 0) is 61.7 Å². The Morgan fingerprint density at radius 1 is 1.20 bits per heavy atom. The van der Waals surface area contributed by atoms with Crippen LogP contribution in [0.4, 0.5) is 0 Å². The molecule has 7 rings (SSSR count). The van der Waals surface area contributed by atoms with Gasteiger partial charge in [-0.15, -0.1) is 0 Å². The van der Waals surface area contributed by atoms with Gasteiger partial charge in [0.1, 0.15) is 29.4 Å². The van der Waals surface area contributed by atoms with E-state index < -0.39 is 19.1 Å². The lowest BCUT2D eigenvalue weighted by Crippen LogP contribution is -2.36. The molecular weight excluding hydrogens is 586 g/mol. The first-order valence-corrected chi connectivity index (χ1v) is 15.0. The molecule has 0 aliphatic carbocycles. The van der Waals surface area contributed by atoms with E-state index in [1.807, 2.05) is 6.07 Å². The number of carboxylic acid groups (broad SMARTS) is 1. The van der Waals surface area contributed by atoms with Gasteiger partial charge in [-0.2, -0.15) is 0 Å². The van der Waals surface area contributed by atoms with Crippen LogP contribution < -0.4 is 18.9 Å². The Balaban J connectivity index is 1.22. The van der Waals surface area contributed by atoms with Crippen LogP contribution in [0.1, 0.15) is 62.5 Å². The smallest absolute Gasteiger partial charge is 0.335 e. The SMILES string of the molecule is [2H]C([2H])([2H])Oc1cc(Cl)ccc1[C@H]1COc2ccc3c(c2O1)C(C)N(Cc1nc2c(OC)cc(C(=O)O)cc2n1C[C@@H]1CCO1)CC3. The van der Waals surface area contributed by atoms with Gasteiger partial charge in [0.25, 0.3) is 0 Å². The number of nitrogens with zero attached hydrogens (tertiary/aromatic N) is 3. The number of halogens is 1. The van der Waals surface area contributed by atoms with Crippen LogP contribution >= 0.6 is 11.6 Å². The molecule has 230 valence electrons. The van der Waals surface area contributed by atoms with Crippen LogP contribution in [-0.4, -0.2) is 65.5 Å². The number of hydrogen-bond acceptors (Lipinski definition) is 8. The highest BCUT2D eigenvalue weighted by Crippen LogP contribution is 2.47. The monoisotopic (exact) mass is 622 g/mol. The zero-order valence-electron chi connectivity index (χ0n) is 27.3. The van der Waals surface area contributed by atoms with E-state index in [0.717, 1.165) is 36.3 Å². The summed E-state index contributed by atoms with van der Waals surface area (Å²) in [6.07, 6.45) is 1.06. The molecule has 0 bridgehead atoms. The van der Waals surface area contributed by atoms with E-state index >= 15 is 0 Å². The molecule has 1 fully saturated rings. The quantitative estimate of drug-likeness (QED) is 0.260. The van der Waals surface area contributed by atoms with Crippen molar-refractivity contribution in [2.45, 2.75) is 51.1 Å². The predicted molar refractivity (Wildman–Crippen MR) is 163 cm³/mol. The molecule has 0 spiro atoms. The van der Waals surface area contributed by atoms with Crippen LogP contribution in [0.2, 0.25) is 5.02 Å². The van der Waals surface area contributed by atoms with Crippen molar-refractivity contribution >= 4 is 28.6 Å². The minimum absolute atomic E-state index is 0.0201. The third-order valence-corrected chi connectivity index (χ3v) is 9.09. The highest BCUT2D eigenvalue weighted by atomic mass is 35.5. The van der Waals surface area contributed by atoms with E-state index in [1.165, 1.54) is 19.2 Å². The third-order valence-electron chi connectivity index (χ3n) is 8.86. The summed E-state index contributed by atoms with van der Waals surface area (Å²) >= 11 is 6.19. The second kappa shape index (κ2) is 11.5. The van der Waals surface area contributed by atoms with Gasteiger partial charge in [-0.25, -0.2) is 9.78 Å². The van der Waals surface area contributed by atoms with Crippen LogP contribution in [0.3, 0.4) is 0 Å². The van der Waals surface area contributed by atoms with Gasteiger partial charge in [-0.3, -0.25) is 4.90 Å². The van der Waals surface area contributed by atoms with Gasteiger partial charge in [0.15, 0.2) is 17.6 Å². The van der Waals surface area contributed by atoms with Gasteiger partial charge in [0.2, 0.25) is 0 Å². The summed E-state index contributed by atoms with van der Waals surface area (Å²) in [7, 11) is -1.15. The van der Waals surface area contributed by atoms with Crippen LogP contribution in [0.5, 0.6) is 23.0 Å². The molecule has 3 aliphatic heterocycles. The number of hydrogen-bond donors (Lipinski definition) is 1. The van der Waals surface area contributed by atoms with Crippen molar-refractivity contribution in [3.63, 3.8) is 0 Å². The summed E-state index contributed by atoms with van der Waals surface area (Å²) in [4.78, 5) is 19.2. The maximum Gasteiger partial charge on any atom is 0.335 e. The Morgan fingerprint density at radius 2 is 2.07 bits per heavy atom. The van der Waals surface area contributed by atoms with Crippen molar-refractivity contribution in [3.05, 3.63) is 75.6 Å². The number of aromatic nitrogens is 2. The number of carboxylic acids is 1. The summed E-state index contributed by atoms with van der Waals surface area (Å²) in [5.74, 6) is 1.47. The molecule has 1 N–H and O–H groups in total. The first-order chi connectivity index (χ1) is 22.5. The molecule has 3 aliphatic rings. The summed E-state index contributed by atoms with van der Waals surface area (Å²) in [6, 6.07) is 11.9. The van der Waals surface area contributed by atoms with E-state index in [-0.39, 0.29) is 30.1 Å². The van der Waals surface area contributed by atoms with Crippen molar-refractivity contribution in [1.82, 2.24) is 14.5 Å². The van der Waals surface area contributed by atoms with Gasteiger partial charge in [0, 0.05) is 35.3 Å². The lowest BCUT2D eigenvalue weighted by atomic mass is 9.91. The van der Waals surface area contributed by atoms with Gasteiger partial charge >= 0.3 is 5.97 Å². The molecule has 4 aromatic rings.